The molecule has 0 unspecified atom stereocenters. The molecule has 0 radical (unpaired) electrons. The molecule has 5 rings (SSSR count). The zero-order valence-electron chi connectivity index (χ0n) is 23.7. The summed E-state index contributed by atoms with van der Waals surface area (Å²) < 4.78 is 12.7. The van der Waals surface area contributed by atoms with Crippen LogP contribution < -0.4 is 10.3 Å². The average Bonchev–Trinajstić information content (AvgIpc) is 3.42. The first-order chi connectivity index (χ1) is 19.5. The molecule has 3 heterocycles. The van der Waals surface area contributed by atoms with E-state index in [0.29, 0.717) is 13.1 Å². The van der Waals surface area contributed by atoms with Gasteiger partial charge in [-0.2, -0.15) is 0 Å². The number of rotatable bonds is 12. The molecule has 0 spiro atoms. The van der Waals surface area contributed by atoms with Crippen molar-refractivity contribution in [1.82, 2.24) is 35.0 Å². The Bertz CT molecular complexity index is 1440. The van der Waals surface area contributed by atoms with Crippen LogP contribution >= 0.6 is 0 Å². The minimum absolute atomic E-state index is 0.0504. The Morgan fingerprint density at radius 2 is 1.93 bits per heavy atom. The first-order valence-electron chi connectivity index (χ1n) is 14.1. The molecule has 1 saturated heterocycles. The van der Waals surface area contributed by atoms with Gasteiger partial charge in [-0.1, -0.05) is 30.7 Å². The van der Waals surface area contributed by atoms with E-state index in [4.69, 9.17) is 9.47 Å². The van der Waals surface area contributed by atoms with Crippen LogP contribution in [0.2, 0.25) is 0 Å². The summed E-state index contributed by atoms with van der Waals surface area (Å²) >= 11 is 0. The molecule has 0 saturated carbocycles. The van der Waals surface area contributed by atoms with Gasteiger partial charge >= 0.3 is 0 Å². The van der Waals surface area contributed by atoms with E-state index in [0.717, 1.165) is 91.4 Å². The maximum absolute atomic E-state index is 13.2. The van der Waals surface area contributed by atoms with E-state index >= 15 is 0 Å². The highest BCUT2D eigenvalue weighted by atomic mass is 16.5. The number of hydrogen-bond donors (Lipinski definition) is 1. The van der Waals surface area contributed by atoms with Crippen LogP contribution in [0, 0.1) is 6.92 Å². The fraction of sp³-hybridized carbons (Fsp3) is 0.467. The van der Waals surface area contributed by atoms with Crippen molar-refractivity contribution < 1.29 is 9.47 Å². The molecule has 0 aliphatic carbocycles. The van der Waals surface area contributed by atoms with Gasteiger partial charge in [-0.15, -0.1) is 5.10 Å². The van der Waals surface area contributed by atoms with Crippen molar-refractivity contribution in [2.45, 2.75) is 45.8 Å². The minimum atomic E-state index is -0.0535. The summed E-state index contributed by atoms with van der Waals surface area (Å²) in [5, 5.41) is 13.9. The molecule has 1 aliphatic heterocycles. The molecule has 2 aromatic heterocycles. The smallest absolute Gasteiger partial charge is 0.252 e. The van der Waals surface area contributed by atoms with E-state index < -0.39 is 0 Å². The van der Waals surface area contributed by atoms with Gasteiger partial charge in [0.05, 0.1) is 32.9 Å². The van der Waals surface area contributed by atoms with Crippen LogP contribution in [0.15, 0.2) is 53.3 Å². The van der Waals surface area contributed by atoms with Crippen molar-refractivity contribution in [2.75, 3.05) is 46.5 Å². The van der Waals surface area contributed by atoms with E-state index in [1.807, 2.05) is 47.1 Å². The lowest BCUT2D eigenvalue weighted by molar-refractivity contribution is 0.0349. The molecule has 0 bridgehead atoms. The van der Waals surface area contributed by atoms with E-state index in [-0.39, 0.29) is 11.6 Å². The van der Waals surface area contributed by atoms with Crippen LogP contribution in [0.1, 0.15) is 48.3 Å². The number of aromatic nitrogens is 5. The molecule has 1 fully saturated rings. The first-order valence-corrected chi connectivity index (χ1v) is 14.1. The van der Waals surface area contributed by atoms with Gasteiger partial charge in [0.25, 0.3) is 5.56 Å². The van der Waals surface area contributed by atoms with Crippen LogP contribution in [-0.4, -0.2) is 81.5 Å². The van der Waals surface area contributed by atoms with Crippen molar-refractivity contribution >= 4 is 10.9 Å². The van der Waals surface area contributed by atoms with Gasteiger partial charge in [0, 0.05) is 37.3 Å². The summed E-state index contributed by atoms with van der Waals surface area (Å²) in [5.41, 5.74) is 3.80. The van der Waals surface area contributed by atoms with E-state index in [1.54, 1.807) is 7.11 Å². The maximum Gasteiger partial charge on any atom is 0.252 e. The highest BCUT2D eigenvalue weighted by Crippen LogP contribution is 2.26. The van der Waals surface area contributed by atoms with Gasteiger partial charge < -0.3 is 14.5 Å². The third kappa shape index (κ3) is 6.75. The Morgan fingerprint density at radius 3 is 2.67 bits per heavy atom. The number of H-pyrrole nitrogens is 1. The Kier molecular flexibility index (Phi) is 9.20. The number of pyridine rings is 1. The van der Waals surface area contributed by atoms with E-state index in [1.165, 1.54) is 0 Å². The normalized spacial score (nSPS) is 15.1. The van der Waals surface area contributed by atoms with Crippen molar-refractivity contribution in [3.05, 3.63) is 81.4 Å². The molecule has 1 atom stereocenters. The fourth-order valence-corrected chi connectivity index (χ4v) is 5.45. The van der Waals surface area contributed by atoms with Crippen molar-refractivity contribution in [3.63, 3.8) is 0 Å². The predicted molar refractivity (Wildman–Crippen MR) is 155 cm³/mol. The Morgan fingerprint density at radius 1 is 1.12 bits per heavy atom. The topological polar surface area (TPSA) is 101 Å². The summed E-state index contributed by atoms with van der Waals surface area (Å²) in [5.74, 6) is 1.62. The number of nitrogens with zero attached hydrogens (tertiary/aromatic N) is 6. The lowest BCUT2D eigenvalue weighted by atomic mass is 10.1. The van der Waals surface area contributed by atoms with Crippen molar-refractivity contribution in [2.24, 2.45) is 0 Å². The lowest BCUT2D eigenvalue weighted by Gasteiger charge is -2.32. The van der Waals surface area contributed by atoms with Gasteiger partial charge in [-0.05, 0) is 78.0 Å². The average molecular weight is 546 g/mol. The molecule has 212 valence electrons. The van der Waals surface area contributed by atoms with Gasteiger partial charge in [0.1, 0.15) is 5.75 Å². The second-order valence-corrected chi connectivity index (χ2v) is 10.5. The monoisotopic (exact) mass is 545 g/mol. The number of ether oxygens (including phenoxy) is 2. The summed E-state index contributed by atoms with van der Waals surface area (Å²) in [6.45, 7) is 10.6. The Hall–Kier alpha value is -3.60. The molecule has 40 heavy (non-hydrogen) atoms. The Labute approximate surface area is 234 Å². The molecule has 4 aromatic rings. The number of morpholine rings is 1. The van der Waals surface area contributed by atoms with E-state index in [2.05, 4.69) is 50.2 Å². The zero-order valence-corrected chi connectivity index (χ0v) is 23.7. The number of hydrogen-bond acceptors (Lipinski definition) is 8. The number of aromatic amines is 1. The molecule has 10 heteroatoms. The number of benzene rings is 2. The number of fused-ring (bicyclic) bond motifs is 1. The van der Waals surface area contributed by atoms with Crippen LogP contribution in [0.3, 0.4) is 0 Å². The standard InChI is InChI=1S/C30H39N7O3/c1-4-28(29-32-33-34-37(29)20-23-7-9-26(39-3)10-8-23)36(13-5-12-35-14-16-40-17-15-35)21-25-19-24-18-22(2)6-11-27(24)31-30(25)38/h6-11,18-19,28H,4-5,12-17,20-21H2,1-3H3,(H,31,38)/t28-/m0/s1. The summed E-state index contributed by atoms with van der Waals surface area (Å²) in [4.78, 5) is 21.1. The summed E-state index contributed by atoms with van der Waals surface area (Å²) in [7, 11) is 1.66. The number of methoxy groups -OCH3 is 1. The summed E-state index contributed by atoms with van der Waals surface area (Å²) in [6.07, 6.45) is 1.78. The van der Waals surface area contributed by atoms with Crippen molar-refractivity contribution in [3.8, 4) is 5.75 Å². The SMILES string of the molecule is CC[C@@H](c1nnnn1Cc1ccc(OC)cc1)N(CCCN1CCOCC1)Cc1cc2cc(C)ccc2[nH]c1=O. The summed E-state index contributed by atoms with van der Waals surface area (Å²) in [6, 6.07) is 16.0. The first kappa shape index (κ1) is 27.9. The number of aryl methyl sites for hydroxylation is 1. The number of tetrazole rings is 1. The molecule has 10 nitrogen and oxygen atoms in total. The van der Waals surface area contributed by atoms with Gasteiger partial charge in [-0.25, -0.2) is 4.68 Å². The fourth-order valence-electron chi connectivity index (χ4n) is 5.45. The molecule has 0 amide bonds. The molecular weight excluding hydrogens is 506 g/mol. The predicted octanol–water partition coefficient (Wildman–Crippen LogP) is 3.56. The third-order valence-corrected chi connectivity index (χ3v) is 7.65. The van der Waals surface area contributed by atoms with Crippen LogP contribution in [0.5, 0.6) is 5.75 Å². The van der Waals surface area contributed by atoms with Crippen LogP contribution in [0.25, 0.3) is 10.9 Å². The van der Waals surface area contributed by atoms with Crippen LogP contribution in [-0.2, 0) is 17.8 Å². The second-order valence-electron chi connectivity index (χ2n) is 10.5. The minimum Gasteiger partial charge on any atom is -0.497 e. The highest BCUT2D eigenvalue weighted by Gasteiger charge is 2.26. The van der Waals surface area contributed by atoms with Gasteiger partial charge in [-0.3, -0.25) is 14.6 Å². The van der Waals surface area contributed by atoms with Gasteiger partial charge in [0.2, 0.25) is 0 Å². The lowest BCUT2D eigenvalue weighted by Crippen LogP contribution is -2.39. The largest absolute Gasteiger partial charge is 0.497 e. The second kappa shape index (κ2) is 13.2. The quantitative estimate of drug-likeness (QED) is 0.288. The van der Waals surface area contributed by atoms with E-state index in [9.17, 15) is 4.79 Å². The van der Waals surface area contributed by atoms with Gasteiger partial charge in [0.15, 0.2) is 5.82 Å². The molecule has 1 aliphatic rings. The van der Waals surface area contributed by atoms with Crippen molar-refractivity contribution in [1.29, 1.82) is 0 Å². The molecule has 2 aromatic carbocycles. The van der Waals surface area contributed by atoms with Crippen LogP contribution in [0.4, 0.5) is 0 Å². The molecular formula is C30H39N7O3. The number of nitrogens with one attached hydrogen (secondary N) is 1. The zero-order chi connectivity index (χ0) is 27.9. The highest BCUT2D eigenvalue weighted by molar-refractivity contribution is 5.79. The maximum atomic E-state index is 13.2. The Balaban J connectivity index is 1.41. The third-order valence-electron chi connectivity index (χ3n) is 7.65. The molecule has 1 N–H and O–H groups in total.